The molecule has 2 aromatic heterocycles. The van der Waals surface area contributed by atoms with Crippen molar-refractivity contribution in [3.05, 3.63) is 35.9 Å². The summed E-state index contributed by atoms with van der Waals surface area (Å²) in [6, 6.07) is 0. The van der Waals surface area contributed by atoms with Crippen molar-refractivity contribution >= 4 is 0 Å². The normalized spacial score (nSPS) is 19.1. The summed E-state index contributed by atoms with van der Waals surface area (Å²) in [6.07, 6.45) is 6.64. The Hall–Kier alpha value is -1.72. The van der Waals surface area contributed by atoms with Gasteiger partial charge < -0.3 is 9.84 Å². The number of nitrogens with zero attached hydrogens (tertiary/aromatic N) is 3. The lowest BCUT2D eigenvalue weighted by Gasteiger charge is -2.23. The maximum atomic E-state index is 9.85. The zero-order chi connectivity index (χ0) is 11.8. The van der Waals surface area contributed by atoms with Gasteiger partial charge >= 0.3 is 0 Å². The summed E-state index contributed by atoms with van der Waals surface area (Å²) in [5.74, 6) is 0. The van der Waals surface area contributed by atoms with E-state index in [-0.39, 0.29) is 0 Å². The summed E-state index contributed by atoms with van der Waals surface area (Å²) < 4.78 is 7.12. The van der Waals surface area contributed by atoms with Crippen LogP contribution in [0.4, 0.5) is 0 Å². The van der Waals surface area contributed by atoms with Gasteiger partial charge in [-0.2, -0.15) is 5.10 Å². The van der Waals surface area contributed by atoms with Crippen LogP contribution in [0.3, 0.4) is 0 Å². The van der Waals surface area contributed by atoms with E-state index in [0.29, 0.717) is 13.2 Å². The average Bonchev–Trinajstić information content (AvgIpc) is 2.76. The van der Waals surface area contributed by atoms with E-state index in [4.69, 9.17) is 4.74 Å². The Balaban J connectivity index is 2.15. The number of aliphatic hydroxyl groups is 1. The van der Waals surface area contributed by atoms with Crippen LogP contribution in [0, 0.1) is 0 Å². The Kier molecular flexibility index (Phi) is 2.42. The number of hydrogen-bond acceptors (Lipinski definition) is 4. The lowest BCUT2D eigenvalue weighted by atomic mass is 9.96. The number of hydrogen-bond donors (Lipinski definition) is 1. The maximum Gasteiger partial charge on any atom is 0.104 e. The predicted octanol–water partition coefficient (Wildman–Crippen LogP) is 1.05. The van der Waals surface area contributed by atoms with E-state index in [1.165, 1.54) is 0 Å². The summed E-state index contributed by atoms with van der Waals surface area (Å²) in [5.41, 5.74) is 3.84. The van der Waals surface area contributed by atoms with Crippen LogP contribution in [0.25, 0.3) is 11.1 Å². The van der Waals surface area contributed by atoms with E-state index in [0.717, 1.165) is 22.3 Å². The molecule has 1 atom stereocenters. The summed E-state index contributed by atoms with van der Waals surface area (Å²) in [4.78, 5) is 4.18. The fourth-order valence-electron chi connectivity index (χ4n) is 2.12. The topological polar surface area (TPSA) is 60.2 Å². The first-order valence-electron chi connectivity index (χ1n) is 5.47. The number of rotatable bonds is 1. The highest BCUT2D eigenvalue weighted by Gasteiger charge is 2.22. The molecule has 5 heteroatoms. The van der Waals surface area contributed by atoms with E-state index in [1.54, 1.807) is 23.3 Å². The third kappa shape index (κ3) is 1.73. The van der Waals surface area contributed by atoms with Crippen LogP contribution in [-0.4, -0.2) is 26.5 Å². The van der Waals surface area contributed by atoms with Crippen LogP contribution in [-0.2, 0) is 18.4 Å². The van der Waals surface area contributed by atoms with E-state index in [9.17, 15) is 5.11 Å². The summed E-state index contributed by atoms with van der Waals surface area (Å²) in [6.45, 7) is 0.852. The fourth-order valence-corrected chi connectivity index (χ4v) is 2.12. The molecule has 3 rings (SSSR count). The van der Waals surface area contributed by atoms with Gasteiger partial charge in [-0.25, -0.2) is 0 Å². The van der Waals surface area contributed by atoms with Gasteiger partial charge in [0, 0.05) is 42.3 Å². The second kappa shape index (κ2) is 3.94. The van der Waals surface area contributed by atoms with E-state index >= 15 is 0 Å². The molecule has 1 N–H and O–H groups in total. The van der Waals surface area contributed by atoms with E-state index in [2.05, 4.69) is 10.1 Å². The highest BCUT2D eigenvalue weighted by atomic mass is 16.5. The van der Waals surface area contributed by atoms with Gasteiger partial charge in [0.15, 0.2) is 0 Å². The molecule has 0 saturated carbocycles. The maximum absolute atomic E-state index is 9.85. The third-order valence-corrected chi connectivity index (χ3v) is 2.99. The van der Waals surface area contributed by atoms with Crippen molar-refractivity contribution in [2.75, 3.05) is 6.61 Å². The zero-order valence-corrected chi connectivity index (χ0v) is 9.50. The number of fused-ring (bicyclic) bond motifs is 1. The Morgan fingerprint density at radius 1 is 1.41 bits per heavy atom. The first-order valence-corrected chi connectivity index (χ1v) is 5.47. The Morgan fingerprint density at radius 2 is 2.29 bits per heavy atom. The lowest BCUT2D eigenvalue weighted by Crippen LogP contribution is -2.17. The minimum Gasteiger partial charge on any atom is -0.386 e. The SMILES string of the molecule is Cn1cc(-c2cncc3c2COCC3O)cn1. The fraction of sp³-hybridized carbons (Fsp3) is 0.333. The highest BCUT2D eigenvalue weighted by molar-refractivity contribution is 5.66. The van der Waals surface area contributed by atoms with Gasteiger partial charge in [0.1, 0.15) is 6.10 Å². The van der Waals surface area contributed by atoms with Gasteiger partial charge in [0.2, 0.25) is 0 Å². The van der Waals surface area contributed by atoms with Crippen LogP contribution in [0.5, 0.6) is 0 Å². The number of aliphatic hydroxyl groups excluding tert-OH is 1. The molecule has 17 heavy (non-hydrogen) atoms. The standard InChI is InChI=1S/C12H13N3O2/c1-15-5-8(2-14-15)9-3-13-4-10-11(9)6-17-7-12(10)16/h2-5,12,16H,6-7H2,1H3. The smallest absolute Gasteiger partial charge is 0.104 e. The van der Waals surface area contributed by atoms with Gasteiger partial charge in [-0.1, -0.05) is 0 Å². The van der Waals surface area contributed by atoms with Crippen molar-refractivity contribution < 1.29 is 9.84 Å². The molecule has 3 heterocycles. The summed E-state index contributed by atoms with van der Waals surface area (Å²) >= 11 is 0. The van der Waals surface area contributed by atoms with Crippen molar-refractivity contribution in [2.24, 2.45) is 7.05 Å². The van der Waals surface area contributed by atoms with Crippen molar-refractivity contribution in [2.45, 2.75) is 12.7 Å². The van der Waals surface area contributed by atoms with Crippen LogP contribution in [0.2, 0.25) is 0 Å². The Bertz CT molecular complexity index is 550. The molecule has 88 valence electrons. The molecule has 0 amide bonds. The first kappa shape index (κ1) is 10.4. The molecule has 2 aromatic rings. The van der Waals surface area contributed by atoms with E-state index in [1.807, 2.05) is 13.2 Å². The third-order valence-electron chi connectivity index (χ3n) is 2.99. The molecule has 0 saturated heterocycles. The van der Waals surface area contributed by atoms with Crippen LogP contribution in [0.1, 0.15) is 17.2 Å². The quantitative estimate of drug-likeness (QED) is 0.796. The molecular formula is C12H13N3O2. The van der Waals surface area contributed by atoms with Gasteiger partial charge in [-0.3, -0.25) is 9.67 Å². The largest absolute Gasteiger partial charge is 0.386 e. The molecule has 1 aliphatic rings. The predicted molar refractivity (Wildman–Crippen MR) is 61.1 cm³/mol. The summed E-state index contributed by atoms with van der Waals surface area (Å²) in [5, 5.41) is 14.0. The lowest BCUT2D eigenvalue weighted by molar-refractivity contribution is 0.00981. The second-order valence-corrected chi connectivity index (χ2v) is 4.19. The first-order chi connectivity index (χ1) is 8.25. The van der Waals surface area contributed by atoms with Crippen molar-refractivity contribution in [1.82, 2.24) is 14.8 Å². The van der Waals surface area contributed by atoms with Crippen molar-refractivity contribution in [3.63, 3.8) is 0 Å². The molecule has 0 bridgehead atoms. The van der Waals surface area contributed by atoms with Crippen LogP contribution >= 0.6 is 0 Å². The zero-order valence-electron chi connectivity index (χ0n) is 9.50. The molecule has 0 radical (unpaired) electrons. The molecular weight excluding hydrogens is 218 g/mol. The molecule has 0 aliphatic carbocycles. The van der Waals surface area contributed by atoms with Crippen LogP contribution in [0.15, 0.2) is 24.8 Å². The molecule has 1 aliphatic heterocycles. The van der Waals surface area contributed by atoms with Crippen molar-refractivity contribution in [1.29, 1.82) is 0 Å². The van der Waals surface area contributed by atoms with Crippen LogP contribution < -0.4 is 0 Å². The minimum atomic E-state index is -0.581. The molecule has 0 fully saturated rings. The number of pyridine rings is 1. The Morgan fingerprint density at radius 3 is 3.06 bits per heavy atom. The Labute approximate surface area is 98.7 Å². The monoisotopic (exact) mass is 231 g/mol. The number of aromatic nitrogens is 3. The minimum absolute atomic E-state index is 0.338. The summed E-state index contributed by atoms with van der Waals surface area (Å²) in [7, 11) is 1.87. The second-order valence-electron chi connectivity index (χ2n) is 4.19. The van der Waals surface area contributed by atoms with Gasteiger partial charge in [0.25, 0.3) is 0 Å². The van der Waals surface area contributed by atoms with Crippen molar-refractivity contribution in [3.8, 4) is 11.1 Å². The molecule has 5 nitrogen and oxygen atoms in total. The number of aryl methyl sites for hydroxylation is 1. The average molecular weight is 231 g/mol. The molecule has 0 spiro atoms. The van der Waals surface area contributed by atoms with Gasteiger partial charge in [-0.05, 0) is 5.56 Å². The van der Waals surface area contributed by atoms with E-state index < -0.39 is 6.10 Å². The molecule has 1 unspecified atom stereocenters. The number of ether oxygens (including phenoxy) is 1. The highest BCUT2D eigenvalue weighted by Crippen LogP contribution is 2.31. The molecule has 0 aromatic carbocycles. The van der Waals surface area contributed by atoms with Gasteiger partial charge in [0.05, 0.1) is 19.4 Å². The van der Waals surface area contributed by atoms with Gasteiger partial charge in [-0.15, -0.1) is 0 Å².